The number of ether oxygens (including phenoxy) is 1. The Kier molecular flexibility index (Phi) is 3.76. The Balaban J connectivity index is 1.75. The normalized spacial score (nSPS) is 14.5. The first-order valence-corrected chi connectivity index (χ1v) is 8.44. The Hall–Kier alpha value is -3.15. The van der Waals surface area contributed by atoms with Crippen LogP contribution in [0.3, 0.4) is 0 Å². The molecule has 3 aromatic rings. The van der Waals surface area contributed by atoms with E-state index in [2.05, 4.69) is 11.0 Å². The van der Waals surface area contributed by atoms with Gasteiger partial charge in [-0.05, 0) is 48.9 Å². The fourth-order valence-corrected chi connectivity index (χ4v) is 3.44. The summed E-state index contributed by atoms with van der Waals surface area (Å²) in [5.74, 6) is -0.167. The minimum absolute atomic E-state index is 0.192. The third kappa shape index (κ3) is 2.63. The predicted octanol–water partition coefficient (Wildman–Crippen LogP) is 3.17. The van der Waals surface area contributed by atoms with Crippen molar-refractivity contribution in [2.75, 3.05) is 25.1 Å². The van der Waals surface area contributed by atoms with Crippen molar-refractivity contribution in [2.45, 2.75) is 6.92 Å². The highest BCUT2D eigenvalue weighted by Crippen LogP contribution is 2.34. The molecule has 1 aliphatic heterocycles. The van der Waals surface area contributed by atoms with Gasteiger partial charge in [0.15, 0.2) is 0 Å². The number of anilines is 1. The number of aliphatic carboxylic acids is 1. The van der Waals surface area contributed by atoms with E-state index in [4.69, 9.17) is 9.84 Å². The Morgan fingerprint density at radius 2 is 1.88 bits per heavy atom. The van der Waals surface area contributed by atoms with Crippen LogP contribution in [0.1, 0.15) is 5.56 Å². The van der Waals surface area contributed by atoms with Gasteiger partial charge in [0.25, 0.3) is 0 Å². The standard InChI is InChI=1S/C20H20N2O4/c1-12-5-14(21-9-13(10-21)20(24)25)7-15(6-12)22-11-19(23)17-8-16(26-2)3-4-18(17)22/h3-8,11,13,23H,9-10H2,1-2H3,(H,24,25). The fourth-order valence-electron chi connectivity index (χ4n) is 3.44. The highest BCUT2D eigenvalue weighted by atomic mass is 16.5. The smallest absolute Gasteiger partial charge is 0.310 e. The maximum absolute atomic E-state index is 11.0. The zero-order valence-electron chi connectivity index (χ0n) is 14.6. The molecule has 0 spiro atoms. The van der Waals surface area contributed by atoms with Crippen LogP contribution in [-0.2, 0) is 4.79 Å². The molecule has 6 nitrogen and oxygen atoms in total. The minimum atomic E-state index is -0.746. The number of carboxylic acid groups (broad SMARTS) is 1. The van der Waals surface area contributed by atoms with E-state index in [1.165, 1.54) is 0 Å². The monoisotopic (exact) mass is 352 g/mol. The molecule has 6 heteroatoms. The number of nitrogens with zero attached hydrogens (tertiary/aromatic N) is 2. The van der Waals surface area contributed by atoms with Crippen molar-refractivity contribution in [3.8, 4) is 17.2 Å². The average molecular weight is 352 g/mol. The van der Waals surface area contributed by atoms with Crippen molar-refractivity contribution in [3.05, 3.63) is 48.2 Å². The van der Waals surface area contributed by atoms with Gasteiger partial charge in [-0.3, -0.25) is 4.79 Å². The molecule has 2 aromatic carbocycles. The lowest BCUT2D eigenvalue weighted by molar-refractivity contribution is -0.142. The van der Waals surface area contributed by atoms with Crippen molar-refractivity contribution < 1.29 is 19.7 Å². The third-order valence-electron chi connectivity index (χ3n) is 4.91. The van der Waals surface area contributed by atoms with Gasteiger partial charge in [-0.15, -0.1) is 0 Å². The maximum atomic E-state index is 11.0. The van der Waals surface area contributed by atoms with Crippen LogP contribution >= 0.6 is 0 Å². The maximum Gasteiger partial charge on any atom is 0.310 e. The molecule has 134 valence electrons. The van der Waals surface area contributed by atoms with Gasteiger partial charge in [0.05, 0.1) is 24.7 Å². The molecule has 2 heterocycles. The summed E-state index contributed by atoms with van der Waals surface area (Å²) in [5, 5.41) is 20.1. The molecule has 0 aliphatic carbocycles. The van der Waals surface area contributed by atoms with Gasteiger partial charge in [0.2, 0.25) is 0 Å². The van der Waals surface area contributed by atoms with Crippen molar-refractivity contribution in [3.63, 3.8) is 0 Å². The second kappa shape index (κ2) is 5.98. The Morgan fingerprint density at radius 1 is 1.15 bits per heavy atom. The van der Waals surface area contributed by atoms with Crippen LogP contribution in [0.5, 0.6) is 11.5 Å². The van der Waals surface area contributed by atoms with Crippen molar-refractivity contribution in [1.82, 2.24) is 4.57 Å². The Labute approximate surface area is 150 Å². The molecular formula is C20H20N2O4. The summed E-state index contributed by atoms with van der Waals surface area (Å²) in [7, 11) is 1.60. The average Bonchev–Trinajstić information content (AvgIpc) is 2.89. The molecule has 0 unspecified atom stereocenters. The number of methoxy groups -OCH3 is 1. The Morgan fingerprint density at radius 3 is 2.58 bits per heavy atom. The number of carboxylic acids is 1. The number of aromatic nitrogens is 1. The molecule has 1 aliphatic rings. The lowest BCUT2D eigenvalue weighted by atomic mass is 9.99. The minimum Gasteiger partial charge on any atom is -0.506 e. The molecule has 2 N–H and O–H groups in total. The first-order valence-electron chi connectivity index (χ1n) is 8.44. The lowest BCUT2D eigenvalue weighted by Gasteiger charge is -2.39. The molecule has 1 saturated heterocycles. The second-order valence-corrected chi connectivity index (χ2v) is 6.73. The van der Waals surface area contributed by atoms with Crippen molar-refractivity contribution in [1.29, 1.82) is 0 Å². The molecule has 0 radical (unpaired) electrons. The number of benzene rings is 2. The summed E-state index contributed by atoms with van der Waals surface area (Å²) < 4.78 is 7.18. The number of hydrogen-bond acceptors (Lipinski definition) is 4. The molecule has 0 saturated carbocycles. The number of aromatic hydroxyl groups is 1. The molecule has 4 rings (SSSR count). The summed E-state index contributed by atoms with van der Waals surface area (Å²) >= 11 is 0. The zero-order valence-corrected chi connectivity index (χ0v) is 14.6. The number of fused-ring (bicyclic) bond motifs is 1. The first-order chi connectivity index (χ1) is 12.5. The van der Waals surface area contributed by atoms with Crippen LogP contribution in [0.2, 0.25) is 0 Å². The van der Waals surface area contributed by atoms with Gasteiger partial charge in [-0.25, -0.2) is 0 Å². The van der Waals surface area contributed by atoms with E-state index in [0.717, 1.165) is 27.8 Å². The summed E-state index contributed by atoms with van der Waals surface area (Å²) in [4.78, 5) is 13.1. The molecule has 0 atom stereocenters. The number of rotatable bonds is 4. The summed E-state index contributed by atoms with van der Waals surface area (Å²) in [6, 6.07) is 11.7. The van der Waals surface area contributed by atoms with Crippen LogP contribution < -0.4 is 9.64 Å². The van der Waals surface area contributed by atoms with Gasteiger partial charge < -0.3 is 24.4 Å². The SMILES string of the molecule is COc1ccc2c(c1)c(O)cn2-c1cc(C)cc(N2CC(C(=O)O)C2)c1. The molecule has 0 amide bonds. The highest BCUT2D eigenvalue weighted by molar-refractivity contribution is 5.89. The van der Waals surface area contributed by atoms with Crippen LogP contribution in [0.15, 0.2) is 42.6 Å². The number of carbonyl (C=O) groups is 1. The third-order valence-corrected chi connectivity index (χ3v) is 4.91. The number of aryl methyl sites for hydroxylation is 1. The van der Waals surface area contributed by atoms with E-state index in [1.807, 2.05) is 41.8 Å². The van der Waals surface area contributed by atoms with Gasteiger partial charge in [0, 0.05) is 29.9 Å². The topological polar surface area (TPSA) is 74.9 Å². The van der Waals surface area contributed by atoms with Crippen LogP contribution in [0, 0.1) is 12.8 Å². The highest BCUT2D eigenvalue weighted by Gasteiger charge is 2.32. The fraction of sp³-hybridized carbons (Fsp3) is 0.250. The van der Waals surface area contributed by atoms with E-state index >= 15 is 0 Å². The Bertz CT molecular complexity index is 1000. The summed E-state index contributed by atoms with van der Waals surface area (Å²) in [6.07, 6.45) is 1.69. The molecular weight excluding hydrogens is 332 g/mol. The van der Waals surface area contributed by atoms with E-state index in [-0.39, 0.29) is 11.7 Å². The quantitative estimate of drug-likeness (QED) is 0.754. The molecule has 26 heavy (non-hydrogen) atoms. The van der Waals surface area contributed by atoms with Crippen LogP contribution in [-0.4, -0.2) is 40.9 Å². The predicted molar refractivity (Wildman–Crippen MR) is 99.6 cm³/mol. The van der Waals surface area contributed by atoms with Gasteiger partial charge >= 0.3 is 5.97 Å². The lowest BCUT2D eigenvalue weighted by Crippen LogP contribution is -2.50. The largest absolute Gasteiger partial charge is 0.506 e. The molecule has 1 aromatic heterocycles. The summed E-state index contributed by atoms with van der Waals surface area (Å²) in [6.45, 7) is 3.05. The van der Waals surface area contributed by atoms with E-state index < -0.39 is 5.97 Å². The molecule has 0 bridgehead atoms. The van der Waals surface area contributed by atoms with Gasteiger partial charge in [-0.2, -0.15) is 0 Å². The van der Waals surface area contributed by atoms with Gasteiger partial charge in [0.1, 0.15) is 11.5 Å². The van der Waals surface area contributed by atoms with Crippen molar-refractivity contribution >= 4 is 22.6 Å². The van der Waals surface area contributed by atoms with E-state index in [9.17, 15) is 9.90 Å². The molecule has 1 fully saturated rings. The van der Waals surface area contributed by atoms with Crippen molar-refractivity contribution in [2.24, 2.45) is 5.92 Å². The van der Waals surface area contributed by atoms with Crippen LogP contribution in [0.25, 0.3) is 16.6 Å². The second-order valence-electron chi connectivity index (χ2n) is 6.73. The first kappa shape index (κ1) is 16.3. The van der Waals surface area contributed by atoms with Gasteiger partial charge in [-0.1, -0.05) is 0 Å². The zero-order chi connectivity index (χ0) is 18.4. The van der Waals surface area contributed by atoms with E-state index in [1.54, 1.807) is 13.3 Å². The summed E-state index contributed by atoms with van der Waals surface area (Å²) in [5.41, 5.74) is 3.87. The number of hydrogen-bond donors (Lipinski definition) is 2. The van der Waals surface area contributed by atoms with Crippen LogP contribution in [0.4, 0.5) is 5.69 Å². The van der Waals surface area contributed by atoms with E-state index in [0.29, 0.717) is 18.8 Å².